The van der Waals surface area contributed by atoms with Crippen LogP contribution in [-0.2, 0) is 0 Å². The summed E-state index contributed by atoms with van der Waals surface area (Å²) in [5.41, 5.74) is 1.92. The molecular formula is C13H11F3N2O2S. The van der Waals surface area contributed by atoms with Crippen LogP contribution < -0.4 is 5.32 Å². The number of halogens is 3. The summed E-state index contributed by atoms with van der Waals surface area (Å²) in [7, 11) is 0. The summed E-state index contributed by atoms with van der Waals surface area (Å²) in [6.45, 7) is 1.05. The molecule has 0 saturated heterocycles. The molecule has 21 heavy (non-hydrogen) atoms. The number of aryl methyl sites for hydroxylation is 1. The van der Waals surface area contributed by atoms with Crippen LogP contribution in [-0.4, -0.2) is 22.6 Å². The van der Waals surface area contributed by atoms with Crippen molar-refractivity contribution >= 4 is 17.2 Å². The predicted molar refractivity (Wildman–Crippen MR) is 70.5 cm³/mol. The third-order valence-corrected chi connectivity index (χ3v) is 3.78. The van der Waals surface area contributed by atoms with Crippen molar-refractivity contribution in [2.75, 3.05) is 6.61 Å². The number of carbonyl (C=O) groups is 1. The molecule has 2 N–H and O–H groups in total. The standard InChI is InChI=1S/C13H11F3N2O2S/c1-6-12(21-5-17-6)13(20)18-10(4-19)7-2-8(14)11(16)9(15)3-7/h2-3,5,10,19H,4H2,1H3,(H,18,20). The first-order valence-corrected chi connectivity index (χ1v) is 6.78. The highest BCUT2D eigenvalue weighted by atomic mass is 32.1. The van der Waals surface area contributed by atoms with Gasteiger partial charge in [0.15, 0.2) is 17.5 Å². The number of aliphatic hydroxyl groups excluding tert-OH is 1. The van der Waals surface area contributed by atoms with Gasteiger partial charge < -0.3 is 10.4 Å². The summed E-state index contributed by atoms with van der Waals surface area (Å²) >= 11 is 1.10. The number of aromatic nitrogens is 1. The summed E-state index contributed by atoms with van der Waals surface area (Å²) in [5, 5.41) is 11.7. The van der Waals surface area contributed by atoms with Gasteiger partial charge in [0.2, 0.25) is 0 Å². The van der Waals surface area contributed by atoms with Crippen molar-refractivity contribution < 1.29 is 23.1 Å². The van der Waals surface area contributed by atoms with E-state index >= 15 is 0 Å². The third-order valence-electron chi connectivity index (χ3n) is 2.85. The molecule has 1 unspecified atom stereocenters. The molecule has 2 rings (SSSR count). The fourth-order valence-electron chi connectivity index (χ4n) is 1.75. The Hall–Kier alpha value is -1.93. The van der Waals surface area contributed by atoms with Crippen LogP contribution in [0.5, 0.6) is 0 Å². The zero-order chi connectivity index (χ0) is 15.6. The summed E-state index contributed by atoms with van der Waals surface area (Å²) in [5.74, 6) is -4.89. The minimum absolute atomic E-state index is 0.0654. The molecule has 0 aliphatic heterocycles. The number of thiazole rings is 1. The summed E-state index contributed by atoms with van der Waals surface area (Å²) in [6, 6.07) is 0.418. The first-order valence-electron chi connectivity index (χ1n) is 5.90. The molecule has 8 heteroatoms. The molecule has 0 radical (unpaired) electrons. The van der Waals surface area contributed by atoms with Crippen LogP contribution in [0.1, 0.15) is 27.0 Å². The van der Waals surface area contributed by atoms with Crippen LogP contribution in [0.2, 0.25) is 0 Å². The first-order chi connectivity index (χ1) is 9.93. The van der Waals surface area contributed by atoms with Gasteiger partial charge in [-0.3, -0.25) is 4.79 Å². The normalized spacial score (nSPS) is 12.2. The summed E-state index contributed by atoms with van der Waals surface area (Å²) in [6.07, 6.45) is 0. The number of carbonyl (C=O) groups excluding carboxylic acids is 1. The van der Waals surface area contributed by atoms with Crippen molar-refractivity contribution in [3.05, 3.63) is 51.2 Å². The topological polar surface area (TPSA) is 62.2 Å². The van der Waals surface area contributed by atoms with Crippen molar-refractivity contribution in [3.63, 3.8) is 0 Å². The number of amides is 1. The van der Waals surface area contributed by atoms with E-state index < -0.39 is 36.0 Å². The minimum atomic E-state index is -1.60. The highest BCUT2D eigenvalue weighted by Gasteiger charge is 2.21. The average Bonchev–Trinajstić information content (AvgIpc) is 2.87. The van der Waals surface area contributed by atoms with Gasteiger partial charge in [0.05, 0.1) is 23.9 Å². The molecule has 1 heterocycles. The van der Waals surface area contributed by atoms with E-state index in [1.54, 1.807) is 6.92 Å². The highest BCUT2D eigenvalue weighted by molar-refractivity contribution is 7.11. The van der Waals surface area contributed by atoms with Crippen molar-refractivity contribution in [2.45, 2.75) is 13.0 Å². The van der Waals surface area contributed by atoms with E-state index in [9.17, 15) is 23.1 Å². The second-order valence-electron chi connectivity index (χ2n) is 4.27. The molecule has 0 fully saturated rings. The number of rotatable bonds is 4. The molecule has 2 aromatic rings. The van der Waals surface area contributed by atoms with Gasteiger partial charge in [0, 0.05) is 0 Å². The summed E-state index contributed by atoms with van der Waals surface area (Å²) < 4.78 is 39.3. The Bertz CT molecular complexity index is 652. The maximum Gasteiger partial charge on any atom is 0.263 e. The van der Waals surface area contributed by atoms with E-state index in [0.29, 0.717) is 10.6 Å². The molecule has 0 saturated carbocycles. The molecule has 1 aromatic carbocycles. The smallest absolute Gasteiger partial charge is 0.263 e. The Balaban J connectivity index is 2.25. The average molecular weight is 316 g/mol. The van der Waals surface area contributed by atoms with Gasteiger partial charge in [-0.05, 0) is 24.6 Å². The predicted octanol–water partition coefficient (Wildman–Crippen LogP) is 2.33. The molecule has 1 atom stereocenters. The Kier molecular flexibility index (Phi) is 4.59. The van der Waals surface area contributed by atoms with Gasteiger partial charge in [-0.1, -0.05) is 0 Å². The van der Waals surface area contributed by atoms with Crippen LogP contribution in [0.15, 0.2) is 17.6 Å². The lowest BCUT2D eigenvalue weighted by Gasteiger charge is -2.17. The Morgan fingerprint density at radius 1 is 1.38 bits per heavy atom. The van der Waals surface area contributed by atoms with Gasteiger partial charge in [-0.15, -0.1) is 11.3 Å². The van der Waals surface area contributed by atoms with Crippen molar-refractivity contribution in [3.8, 4) is 0 Å². The lowest BCUT2D eigenvalue weighted by atomic mass is 10.1. The molecular weight excluding hydrogens is 305 g/mol. The number of nitrogens with zero attached hydrogens (tertiary/aromatic N) is 1. The molecule has 0 bridgehead atoms. The molecule has 112 valence electrons. The fraction of sp³-hybridized carbons (Fsp3) is 0.231. The van der Waals surface area contributed by atoms with Gasteiger partial charge in [-0.2, -0.15) is 0 Å². The third kappa shape index (κ3) is 3.22. The van der Waals surface area contributed by atoms with Gasteiger partial charge in [-0.25, -0.2) is 18.2 Å². The quantitative estimate of drug-likeness (QED) is 0.851. The molecule has 0 spiro atoms. The SMILES string of the molecule is Cc1ncsc1C(=O)NC(CO)c1cc(F)c(F)c(F)c1. The maximum absolute atomic E-state index is 13.2. The second kappa shape index (κ2) is 6.23. The van der Waals surface area contributed by atoms with Crippen LogP contribution >= 0.6 is 11.3 Å². The number of hydrogen-bond donors (Lipinski definition) is 2. The number of hydrogen-bond acceptors (Lipinski definition) is 4. The molecule has 0 aliphatic rings. The van der Waals surface area contributed by atoms with E-state index in [4.69, 9.17) is 0 Å². The molecule has 1 aromatic heterocycles. The van der Waals surface area contributed by atoms with Crippen LogP contribution in [0.3, 0.4) is 0 Å². The number of nitrogens with one attached hydrogen (secondary N) is 1. The maximum atomic E-state index is 13.2. The van der Waals surface area contributed by atoms with Crippen molar-refractivity contribution in [1.29, 1.82) is 0 Å². The fourth-order valence-corrected chi connectivity index (χ4v) is 2.46. The molecule has 0 aliphatic carbocycles. The summed E-state index contributed by atoms with van der Waals surface area (Å²) in [4.78, 5) is 16.2. The van der Waals surface area contributed by atoms with Gasteiger partial charge in [0.25, 0.3) is 5.91 Å². The van der Waals surface area contributed by atoms with E-state index in [0.717, 1.165) is 23.5 Å². The Labute approximate surface area is 122 Å². The van der Waals surface area contributed by atoms with Crippen LogP contribution in [0.4, 0.5) is 13.2 Å². The monoisotopic (exact) mass is 316 g/mol. The Morgan fingerprint density at radius 3 is 2.48 bits per heavy atom. The van der Waals surface area contributed by atoms with E-state index in [1.165, 1.54) is 5.51 Å². The number of aliphatic hydroxyl groups is 1. The molecule has 1 amide bonds. The van der Waals surface area contributed by atoms with Gasteiger partial charge in [0.1, 0.15) is 4.88 Å². The zero-order valence-electron chi connectivity index (χ0n) is 10.9. The first kappa shape index (κ1) is 15.5. The van der Waals surface area contributed by atoms with E-state index in [1.807, 2.05) is 0 Å². The van der Waals surface area contributed by atoms with Crippen molar-refractivity contribution in [2.24, 2.45) is 0 Å². The van der Waals surface area contributed by atoms with Crippen molar-refractivity contribution in [1.82, 2.24) is 10.3 Å². The van der Waals surface area contributed by atoms with Crippen LogP contribution in [0, 0.1) is 24.4 Å². The lowest BCUT2D eigenvalue weighted by Crippen LogP contribution is -2.31. The number of benzene rings is 1. The zero-order valence-corrected chi connectivity index (χ0v) is 11.7. The lowest BCUT2D eigenvalue weighted by molar-refractivity contribution is 0.0919. The molecule has 4 nitrogen and oxygen atoms in total. The Morgan fingerprint density at radius 2 is 2.00 bits per heavy atom. The largest absolute Gasteiger partial charge is 0.394 e. The van der Waals surface area contributed by atoms with Crippen LogP contribution in [0.25, 0.3) is 0 Å². The highest BCUT2D eigenvalue weighted by Crippen LogP contribution is 2.20. The second-order valence-corrected chi connectivity index (χ2v) is 5.13. The minimum Gasteiger partial charge on any atom is -0.394 e. The van der Waals surface area contributed by atoms with E-state index in [2.05, 4.69) is 10.3 Å². The van der Waals surface area contributed by atoms with E-state index in [-0.39, 0.29) is 5.56 Å². The van der Waals surface area contributed by atoms with Gasteiger partial charge >= 0.3 is 0 Å².